The van der Waals surface area contributed by atoms with Gasteiger partial charge in [-0.15, -0.1) is 0 Å². The molecule has 2 aromatic rings. The third-order valence-electron chi connectivity index (χ3n) is 2.27. The van der Waals surface area contributed by atoms with Gasteiger partial charge in [-0.25, -0.2) is 14.2 Å². The maximum absolute atomic E-state index is 10.7. The van der Waals surface area contributed by atoms with Gasteiger partial charge in [0.1, 0.15) is 15.3 Å². The third kappa shape index (κ3) is 3.12. The topological polar surface area (TPSA) is 80.9 Å². The zero-order valence-corrected chi connectivity index (χ0v) is 12.6. The van der Waals surface area contributed by atoms with Gasteiger partial charge < -0.3 is 4.55 Å². The summed E-state index contributed by atoms with van der Waals surface area (Å²) >= 11 is 0.213. The van der Waals surface area contributed by atoms with E-state index in [-0.39, 0.29) is 5.75 Å². The summed E-state index contributed by atoms with van der Waals surface area (Å²) in [6.07, 6.45) is 3.49. The summed E-state index contributed by atoms with van der Waals surface area (Å²) in [5.74, 6) is 0.292. The largest absolute Gasteiger partial charge is 0.306 e. The molecule has 8 heteroatoms. The molecule has 1 unspecified atom stereocenters. The minimum Gasteiger partial charge on any atom is -0.306 e. The van der Waals surface area contributed by atoms with Crippen LogP contribution in [0.3, 0.4) is 0 Å². The number of hydrogen-bond donors (Lipinski definition) is 1. The minimum atomic E-state index is -1.93. The van der Waals surface area contributed by atoms with Crippen molar-refractivity contribution in [1.82, 2.24) is 19.7 Å². The fraction of sp³-hybridized carbons (Fsp3) is 0.300. The van der Waals surface area contributed by atoms with E-state index in [2.05, 4.69) is 37.7 Å². The van der Waals surface area contributed by atoms with Gasteiger partial charge in [0, 0.05) is 18.9 Å². The summed E-state index contributed by atoms with van der Waals surface area (Å²) in [6.45, 7) is 2.79. The van der Waals surface area contributed by atoms with Crippen LogP contribution >= 0.6 is 22.6 Å². The lowest BCUT2D eigenvalue weighted by Gasteiger charge is -2.00. The number of halogens is 1. The standard InChI is InChI=1S/C10H11IN4O2S/c1-2-15-5-7(10(11)14-15)8-3-4-12-9(13-8)6-18(16)17/h3-5H,2,6H2,1H3,(H,16,17). The molecular weight excluding hydrogens is 367 g/mol. The molecule has 0 spiro atoms. The Kier molecular flexibility index (Phi) is 4.40. The summed E-state index contributed by atoms with van der Waals surface area (Å²) in [5, 5.41) is 4.33. The lowest BCUT2D eigenvalue weighted by atomic mass is 10.2. The first-order valence-corrected chi connectivity index (χ1v) is 7.58. The molecule has 0 amide bonds. The van der Waals surface area contributed by atoms with Crippen LogP contribution in [-0.4, -0.2) is 28.5 Å². The highest BCUT2D eigenvalue weighted by Gasteiger charge is 2.11. The molecule has 0 aliphatic heterocycles. The van der Waals surface area contributed by atoms with Gasteiger partial charge in [0.15, 0.2) is 11.1 Å². The Balaban J connectivity index is 2.37. The average molecular weight is 378 g/mol. The van der Waals surface area contributed by atoms with Crippen LogP contribution in [0.25, 0.3) is 11.3 Å². The zero-order chi connectivity index (χ0) is 13.1. The monoisotopic (exact) mass is 378 g/mol. The summed E-state index contributed by atoms with van der Waals surface area (Å²) in [6, 6.07) is 1.77. The van der Waals surface area contributed by atoms with E-state index in [1.54, 1.807) is 12.3 Å². The highest BCUT2D eigenvalue weighted by Crippen LogP contribution is 2.22. The molecule has 0 saturated carbocycles. The summed E-state index contributed by atoms with van der Waals surface area (Å²) in [5.41, 5.74) is 1.62. The molecule has 1 atom stereocenters. The lowest BCUT2D eigenvalue weighted by Crippen LogP contribution is -2.00. The van der Waals surface area contributed by atoms with Crippen LogP contribution in [0.5, 0.6) is 0 Å². The van der Waals surface area contributed by atoms with Crippen LogP contribution in [0.4, 0.5) is 0 Å². The molecule has 0 radical (unpaired) electrons. The van der Waals surface area contributed by atoms with Crippen LogP contribution in [0, 0.1) is 3.70 Å². The van der Waals surface area contributed by atoms with E-state index in [0.29, 0.717) is 5.82 Å². The van der Waals surface area contributed by atoms with Crippen molar-refractivity contribution in [2.75, 3.05) is 0 Å². The molecular formula is C10H11IN4O2S. The molecule has 0 aromatic carbocycles. The third-order valence-corrected chi connectivity index (χ3v) is 3.58. The summed E-state index contributed by atoms with van der Waals surface area (Å²) in [4.78, 5) is 8.24. The quantitative estimate of drug-likeness (QED) is 0.647. The van der Waals surface area contributed by atoms with Gasteiger partial charge in [-0.3, -0.25) is 4.68 Å². The van der Waals surface area contributed by atoms with E-state index >= 15 is 0 Å². The maximum Gasteiger partial charge on any atom is 0.160 e. The number of rotatable bonds is 4. The predicted molar refractivity (Wildman–Crippen MR) is 76.1 cm³/mol. The SMILES string of the molecule is CCn1cc(-c2ccnc(CS(=O)O)n2)c(I)n1. The number of nitrogens with zero attached hydrogens (tertiary/aromatic N) is 4. The van der Waals surface area contributed by atoms with E-state index in [9.17, 15) is 4.21 Å². The smallest absolute Gasteiger partial charge is 0.160 e. The molecule has 0 aliphatic rings. The van der Waals surface area contributed by atoms with E-state index < -0.39 is 11.1 Å². The second-order valence-corrected chi connectivity index (χ2v) is 5.47. The summed E-state index contributed by atoms with van der Waals surface area (Å²) < 4.78 is 22.3. The van der Waals surface area contributed by atoms with E-state index in [1.807, 2.05) is 17.8 Å². The number of hydrogen-bond acceptors (Lipinski definition) is 4. The molecule has 96 valence electrons. The lowest BCUT2D eigenvalue weighted by molar-refractivity contribution is 0.562. The molecule has 0 aliphatic carbocycles. The fourth-order valence-corrected chi connectivity index (χ4v) is 2.51. The highest BCUT2D eigenvalue weighted by atomic mass is 127. The van der Waals surface area contributed by atoms with Crippen molar-refractivity contribution in [3.8, 4) is 11.3 Å². The Morgan fingerprint density at radius 2 is 2.33 bits per heavy atom. The van der Waals surface area contributed by atoms with Crippen LogP contribution in [0.2, 0.25) is 0 Å². The van der Waals surface area contributed by atoms with Crippen molar-refractivity contribution in [2.24, 2.45) is 0 Å². The van der Waals surface area contributed by atoms with Crippen molar-refractivity contribution in [1.29, 1.82) is 0 Å². The van der Waals surface area contributed by atoms with Crippen molar-refractivity contribution in [2.45, 2.75) is 19.2 Å². The second kappa shape index (κ2) is 5.85. The molecule has 2 aromatic heterocycles. The van der Waals surface area contributed by atoms with Crippen LogP contribution in [0.15, 0.2) is 18.5 Å². The maximum atomic E-state index is 10.7. The molecule has 18 heavy (non-hydrogen) atoms. The van der Waals surface area contributed by atoms with E-state index in [4.69, 9.17) is 4.55 Å². The Bertz CT molecular complexity index is 587. The van der Waals surface area contributed by atoms with Gasteiger partial charge in [-0.2, -0.15) is 5.10 Å². The molecule has 6 nitrogen and oxygen atoms in total. The van der Waals surface area contributed by atoms with Crippen LogP contribution < -0.4 is 0 Å². The summed E-state index contributed by atoms with van der Waals surface area (Å²) in [7, 11) is 0. The van der Waals surface area contributed by atoms with Gasteiger partial charge in [-0.1, -0.05) is 0 Å². The van der Waals surface area contributed by atoms with Crippen molar-refractivity contribution in [3.05, 3.63) is 28.0 Å². The van der Waals surface area contributed by atoms with Gasteiger partial charge in [0.2, 0.25) is 0 Å². The molecule has 0 bridgehead atoms. The molecule has 2 heterocycles. The molecule has 1 N–H and O–H groups in total. The average Bonchev–Trinajstić information content (AvgIpc) is 2.70. The molecule has 0 saturated heterocycles. The van der Waals surface area contributed by atoms with Crippen LogP contribution in [0.1, 0.15) is 12.7 Å². The van der Waals surface area contributed by atoms with Crippen LogP contribution in [-0.2, 0) is 23.4 Å². The van der Waals surface area contributed by atoms with E-state index in [1.165, 1.54) is 0 Å². The highest BCUT2D eigenvalue weighted by molar-refractivity contribution is 14.1. The van der Waals surface area contributed by atoms with Gasteiger partial charge in [0.25, 0.3) is 0 Å². The minimum absolute atomic E-state index is 0.0632. The van der Waals surface area contributed by atoms with Gasteiger partial charge in [-0.05, 0) is 35.6 Å². The van der Waals surface area contributed by atoms with Crippen molar-refractivity contribution >= 4 is 33.7 Å². The first-order valence-electron chi connectivity index (χ1n) is 5.23. The fourth-order valence-electron chi connectivity index (χ4n) is 1.46. The van der Waals surface area contributed by atoms with Crippen molar-refractivity contribution in [3.63, 3.8) is 0 Å². The Morgan fingerprint density at radius 1 is 1.56 bits per heavy atom. The molecule has 2 rings (SSSR count). The van der Waals surface area contributed by atoms with E-state index in [0.717, 1.165) is 21.5 Å². The van der Waals surface area contributed by atoms with Gasteiger partial charge in [0.05, 0.1) is 11.3 Å². The Hall–Kier alpha value is -0.870. The Labute approximate surface area is 120 Å². The van der Waals surface area contributed by atoms with Gasteiger partial charge >= 0.3 is 0 Å². The van der Waals surface area contributed by atoms with Crippen molar-refractivity contribution < 1.29 is 8.76 Å². The number of aryl methyl sites for hydroxylation is 1. The normalized spacial score (nSPS) is 12.6. The zero-order valence-electron chi connectivity index (χ0n) is 9.58. The Morgan fingerprint density at radius 3 is 2.94 bits per heavy atom. The first kappa shape index (κ1) is 13.6. The number of aromatic nitrogens is 4. The predicted octanol–water partition coefficient (Wildman–Crippen LogP) is 1.69. The first-order chi connectivity index (χ1) is 8.60. The molecule has 0 fully saturated rings. The second-order valence-electron chi connectivity index (χ2n) is 3.51.